The first kappa shape index (κ1) is 22.4. The summed E-state index contributed by atoms with van der Waals surface area (Å²) >= 11 is 0. The number of nitro benzene ring substituents is 1. The lowest BCUT2D eigenvalue weighted by atomic mass is 10.1. The Morgan fingerprint density at radius 3 is 2.42 bits per heavy atom. The van der Waals surface area contributed by atoms with Crippen LogP contribution in [-0.2, 0) is 10.0 Å². The Kier molecular flexibility index (Phi) is 5.86. The van der Waals surface area contributed by atoms with Gasteiger partial charge in [0.15, 0.2) is 11.5 Å². The van der Waals surface area contributed by atoms with Crippen molar-refractivity contribution in [2.45, 2.75) is 31.7 Å². The second kappa shape index (κ2) is 8.62. The minimum absolute atomic E-state index is 0.151. The summed E-state index contributed by atoms with van der Waals surface area (Å²) in [6.07, 6.45) is 0. The van der Waals surface area contributed by atoms with Crippen LogP contribution in [0.2, 0.25) is 0 Å². The second-order valence-corrected chi connectivity index (χ2v) is 9.52. The van der Waals surface area contributed by atoms with Gasteiger partial charge in [-0.2, -0.15) is 0 Å². The van der Waals surface area contributed by atoms with E-state index < -0.39 is 14.9 Å². The van der Waals surface area contributed by atoms with Gasteiger partial charge in [0, 0.05) is 12.1 Å². The third kappa shape index (κ3) is 4.70. The zero-order valence-corrected chi connectivity index (χ0v) is 19.1. The van der Waals surface area contributed by atoms with Crippen molar-refractivity contribution in [3.8, 4) is 11.5 Å². The molecule has 0 aliphatic carbocycles. The number of nitro groups is 1. The fraction of sp³-hybridized carbons (Fsp3) is 0.217. The molecule has 2 N–H and O–H groups in total. The lowest BCUT2D eigenvalue weighted by Crippen LogP contribution is -2.15. The molecule has 1 heterocycles. The molecule has 0 bridgehead atoms. The van der Waals surface area contributed by atoms with Gasteiger partial charge in [-0.1, -0.05) is 23.8 Å². The number of nitrogens with one attached hydrogen (secondary N) is 2. The largest absolute Gasteiger partial charge is 0.454 e. The van der Waals surface area contributed by atoms with E-state index in [1.54, 1.807) is 31.2 Å². The fourth-order valence-electron chi connectivity index (χ4n) is 3.58. The number of rotatable bonds is 7. The minimum Gasteiger partial charge on any atom is -0.454 e. The molecule has 4 rings (SSSR count). The van der Waals surface area contributed by atoms with E-state index in [1.807, 2.05) is 26.0 Å². The van der Waals surface area contributed by atoms with E-state index in [-0.39, 0.29) is 29.1 Å². The molecule has 9 nitrogen and oxygen atoms in total. The van der Waals surface area contributed by atoms with Crippen LogP contribution in [0.5, 0.6) is 11.5 Å². The molecular formula is C23H23N3O6S. The summed E-state index contributed by atoms with van der Waals surface area (Å²) in [7, 11) is -4.02. The highest BCUT2D eigenvalue weighted by Gasteiger charge is 2.24. The Morgan fingerprint density at radius 2 is 1.70 bits per heavy atom. The Labute approximate surface area is 191 Å². The third-order valence-electron chi connectivity index (χ3n) is 5.37. The zero-order chi connectivity index (χ0) is 23.8. The van der Waals surface area contributed by atoms with Crippen LogP contribution < -0.4 is 19.5 Å². The smallest absolute Gasteiger partial charge is 0.293 e. The monoisotopic (exact) mass is 469 g/mol. The average Bonchev–Trinajstić information content (AvgIpc) is 3.23. The molecule has 0 saturated carbocycles. The van der Waals surface area contributed by atoms with Crippen molar-refractivity contribution in [2.24, 2.45) is 0 Å². The fourth-order valence-corrected chi connectivity index (χ4v) is 4.73. The molecule has 0 fully saturated rings. The van der Waals surface area contributed by atoms with Gasteiger partial charge in [-0.25, -0.2) is 8.42 Å². The maximum atomic E-state index is 12.9. The summed E-state index contributed by atoms with van der Waals surface area (Å²) in [4.78, 5) is 10.9. The molecule has 0 radical (unpaired) electrons. The summed E-state index contributed by atoms with van der Waals surface area (Å²) < 4.78 is 39.0. The normalized spacial score (nSPS) is 13.4. The summed E-state index contributed by atoms with van der Waals surface area (Å²) in [5.41, 5.74) is 2.87. The van der Waals surface area contributed by atoms with Gasteiger partial charge in [-0.15, -0.1) is 0 Å². The molecule has 172 valence electrons. The summed E-state index contributed by atoms with van der Waals surface area (Å²) in [6.45, 7) is 5.69. The first-order valence-corrected chi connectivity index (χ1v) is 11.7. The Hall–Kier alpha value is -3.79. The topological polar surface area (TPSA) is 120 Å². The molecule has 0 amide bonds. The van der Waals surface area contributed by atoms with Crippen LogP contribution in [-0.4, -0.2) is 20.1 Å². The number of hydrogen-bond donors (Lipinski definition) is 2. The first-order valence-electron chi connectivity index (χ1n) is 10.2. The molecule has 0 aromatic heterocycles. The second-order valence-electron chi connectivity index (χ2n) is 7.84. The van der Waals surface area contributed by atoms with Crippen molar-refractivity contribution < 1.29 is 22.8 Å². The van der Waals surface area contributed by atoms with Crippen molar-refractivity contribution in [1.29, 1.82) is 0 Å². The standard InChI is InChI=1S/C23H23N3O6S/c1-14-4-7-19(15(2)10-14)25-33(29,30)18-6-8-20(21(12-18)26(27)28)24-16(3)17-5-9-22-23(11-17)32-13-31-22/h4-12,16,24-25H,13H2,1-3H3. The predicted molar refractivity (Wildman–Crippen MR) is 124 cm³/mol. The van der Waals surface area contributed by atoms with Gasteiger partial charge in [0.2, 0.25) is 6.79 Å². The van der Waals surface area contributed by atoms with E-state index in [9.17, 15) is 18.5 Å². The number of aryl methyl sites for hydroxylation is 2. The van der Waals surface area contributed by atoms with Crippen molar-refractivity contribution in [3.63, 3.8) is 0 Å². The van der Waals surface area contributed by atoms with Gasteiger partial charge in [0.05, 0.1) is 15.5 Å². The first-order chi connectivity index (χ1) is 15.6. The van der Waals surface area contributed by atoms with Crippen LogP contribution in [0, 0.1) is 24.0 Å². The Bertz CT molecular complexity index is 1340. The molecule has 1 aliphatic rings. The van der Waals surface area contributed by atoms with Crippen LogP contribution in [0.3, 0.4) is 0 Å². The number of fused-ring (bicyclic) bond motifs is 1. The van der Waals surface area contributed by atoms with Crippen molar-refractivity contribution in [1.82, 2.24) is 0 Å². The maximum absolute atomic E-state index is 12.9. The van der Waals surface area contributed by atoms with E-state index in [2.05, 4.69) is 10.0 Å². The highest BCUT2D eigenvalue weighted by molar-refractivity contribution is 7.92. The van der Waals surface area contributed by atoms with Gasteiger partial charge < -0.3 is 14.8 Å². The number of nitrogens with zero attached hydrogens (tertiary/aromatic N) is 1. The zero-order valence-electron chi connectivity index (χ0n) is 18.3. The summed E-state index contributed by atoms with van der Waals surface area (Å²) in [5, 5.41) is 14.8. The van der Waals surface area contributed by atoms with E-state index in [0.29, 0.717) is 17.2 Å². The Morgan fingerprint density at radius 1 is 0.970 bits per heavy atom. The lowest BCUT2D eigenvalue weighted by molar-refractivity contribution is -0.384. The van der Waals surface area contributed by atoms with Gasteiger partial charge in [0.25, 0.3) is 15.7 Å². The van der Waals surface area contributed by atoms with Crippen molar-refractivity contribution in [2.75, 3.05) is 16.8 Å². The lowest BCUT2D eigenvalue weighted by Gasteiger charge is -2.17. The number of hydrogen-bond acceptors (Lipinski definition) is 7. The van der Waals surface area contributed by atoms with E-state index >= 15 is 0 Å². The number of benzene rings is 3. The van der Waals surface area contributed by atoms with Gasteiger partial charge >= 0.3 is 0 Å². The van der Waals surface area contributed by atoms with Crippen LogP contribution in [0.1, 0.15) is 29.7 Å². The molecule has 0 saturated heterocycles. The minimum atomic E-state index is -4.02. The molecule has 3 aromatic rings. The SMILES string of the molecule is Cc1ccc(NS(=O)(=O)c2ccc(NC(C)c3ccc4c(c3)OCO4)c([N+](=O)[O-])c2)c(C)c1. The number of anilines is 2. The number of ether oxygens (including phenoxy) is 2. The van der Waals surface area contributed by atoms with E-state index in [0.717, 1.165) is 22.8 Å². The highest BCUT2D eigenvalue weighted by Crippen LogP contribution is 2.36. The highest BCUT2D eigenvalue weighted by atomic mass is 32.2. The van der Waals surface area contributed by atoms with Gasteiger partial charge in [-0.3, -0.25) is 14.8 Å². The summed E-state index contributed by atoms with van der Waals surface area (Å²) in [5.74, 6) is 1.25. The molecule has 3 aromatic carbocycles. The van der Waals surface area contributed by atoms with Crippen molar-refractivity contribution >= 4 is 27.1 Å². The predicted octanol–water partition coefficient (Wildman–Crippen LogP) is 4.91. The van der Waals surface area contributed by atoms with Gasteiger partial charge in [-0.05, 0) is 62.2 Å². The molecule has 1 unspecified atom stereocenters. The van der Waals surface area contributed by atoms with Crippen molar-refractivity contribution in [3.05, 3.63) is 81.4 Å². The molecule has 1 aliphatic heterocycles. The molecule has 1 atom stereocenters. The molecular weight excluding hydrogens is 446 g/mol. The maximum Gasteiger partial charge on any atom is 0.293 e. The van der Waals surface area contributed by atoms with Crippen LogP contribution >= 0.6 is 0 Å². The molecule has 33 heavy (non-hydrogen) atoms. The third-order valence-corrected chi connectivity index (χ3v) is 6.73. The van der Waals surface area contributed by atoms with Gasteiger partial charge in [0.1, 0.15) is 5.69 Å². The van der Waals surface area contributed by atoms with E-state index in [1.165, 1.54) is 12.1 Å². The number of sulfonamides is 1. The molecule has 10 heteroatoms. The average molecular weight is 470 g/mol. The van der Waals surface area contributed by atoms with E-state index in [4.69, 9.17) is 9.47 Å². The molecule has 0 spiro atoms. The Balaban J connectivity index is 1.60. The van der Waals surface area contributed by atoms with Crippen LogP contribution in [0.4, 0.5) is 17.1 Å². The van der Waals surface area contributed by atoms with Crippen LogP contribution in [0.25, 0.3) is 0 Å². The quantitative estimate of drug-likeness (QED) is 0.372. The summed E-state index contributed by atoms with van der Waals surface area (Å²) in [6, 6.07) is 14.2. The van der Waals surface area contributed by atoms with Crippen LogP contribution in [0.15, 0.2) is 59.5 Å².